The van der Waals surface area contributed by atoms with Gasteiger partial charge in [0.25, 0.3) is 0 Å². The first-order valence-electron chi connectivity index (χ1n) is 5.34. The quantitative estimate of drug-likeness (QED) is 0.340. The van der Waals surface area contributed by atoms with Crippen LogP contribution in [0.5, 0.6) is 0 Å². The van der Waals surface area contributed by atoms with E-state index in [1.54, 1.807) is 6.20 Å². The van der Waals surface area contributed by atoms with E-state index in [1.165, 1.54) is 12.8 Å². The largest absolute Gasteiger partial charge is 0.409 e. The summed E-state index contributed by atoms with van der Waals surface area (Å²) < 4.78 is 0. The van der Waals surface area contributed by atoms with Crippen LogP contribution in [-0.4, -0.2) is 34.0 Å². The minimum absolute atomic E-state index is 0.0693. The first-order chi connectivity index (χ1) is 7.72. The lowest BCUT2D eigenvalue weighted by molar-refractivity contribution is 0.313. The van der Waals surface area contributed by atoms with Gasteiger partial charge in [-0.05, 0) is 31.5 Å². The smallest absolute Gasteiger partial charge is 0.189 e. The van der Waals surface area contributed by atoms with Crippen LogP contribution in [0.25, 0.3) is 0 Å². The van der Waals surface area contributed by atoms with Crippen LogP contribution in [0.3, 0.4) is 0 Å². The molecule has 1 aromatic heterocycles. The number of aromatic nitrogens is 1. The van der Waals surface area contributed by atoms with Crippen LogP contribution >= 0.6 is 0 Å². The second-order valence-electron chi connectivity index (χ2n) is 4.14. The summed E-state index contributed by atoms with van der Waals surface area (Å²) >= 11 is 0. The zero-order valence-corrected chi connectivity index (χ0v) is 9.30. The molecule has 1 fully saturated rings. The van der Waals surface area contributed by atoms with Crippen LogP contribution in [0.2, 0.25) is 0 Å². The molecule has 5 heteroatoms. The first kappa shape index (κ1) is 10.9. The molecule has 1 aliphatic rings. The van der Waals surface area contributed by atoms with Crippen molar-refractivity contribution in [1.29, 1.82) is 0 Å². The minimum atomic E-state index is 0.0693. The maximum absolute atomic E-state index is 8.68. The molecule has 0 bridgehead atoms. The van der Waals surface area contributed by atoms with Crippen molar-refractivity contribution in [3.63, 3.8) is 0 Å². The normalized spacial score (nSPS) is 16.8. The molecule has 1 aromatic rings. The summed E-state index contributed by atoms with van der Waals surface area (Å²) in [6, 6.07) is 4.50. The summed E-state index contributed by atoms with van der Waals surface area (Å²) in [7, 11) is 2.08. The van der Waals surface area contributed by atoms with Gasteiger partial charge in [0, 0.05) is 18.8 Å². The van der Waals surface area contributed by atoms with Gasteiger partial charge in [-0.1, -0.05) is 11.2 Å². The Bertz CT molecular complexity index is 401. The van der Waals surface area contributed by atoms with Crippen molar-refractivity contribution < 1.29 is 5.21 Å². The molecule has 1 aliphatic carbocycles. The molecule has 86 valence electrons. The van der Waals surface area contributed by atoms with E-state index in [-0.39, 0.29) is 5.84 Å². The summed E-state index contributed by atoms with van der Waals surface area (Å²) in [4.78, 5) is 6.41. The molecule has 3 N–H and O–H groups in total. The van der Waals surface area contributed by atoms with E-state index in [1.807, 2.05) is 12.1 Å². The Morgan fingerprint density at radius 2 is 2.44 bits per heavy atom. The second kappa shape index (κ2) is 4.49. The van der Waals surface area contributed by atoms with Gasteiger partial charge >= 0.3 is 0 Å². The fourth-order valence-corrected chi connectivity index (χ4v) is 1.76. The third kappa shape index (κ3) is 2.30. The van der Waals surface area contributed by atoms with Crippen LogP contribution in [0, 0.1) is 0 Å². The molecule has 0 unspecified atom stereocenters. The van der Waals surface area contributed by atoms with Crippen molar-refractivity contribution in [3.8, 4) is 0 Å². The van der Waals surface area contributed by atoms with E-state index in [4.69, 9.17) is 10.9 Å². The zero-order chi connectivity index (χ0) is 11.5. The van der Waals surface area contributed by atoms with Gasteiger partial charge in [0.1, 0.15) is 5.69 Å². The van der Waals surface area contributed by atoms with Gasteiger partial charge in [-0.15, -0.1) is 0 Å². The molecule has 2 rings (SSSR count). The first-order valence-corrected chi connectivity index (χ1v) is 5.34. The van der Waals surface area contributed by atoms with Crippen LogP contribution in [0.4, 0.5) is 0 Å². The van der Waals surface area contributed by atoms with Gasteiger partial charge in [-0.2, -0.15) is 0 Å². The van der Waals surface area contributed by atoms with Crippen LogP contribution < -0.4 is 5.73 Å². The number of amidine groups is 1. The number of nitrogens with zero attached hydrogens (tertiary/aromatic N) is 3. The van der Waals surface area contributed by atoms with E-state index in [0.717, 1.165) is 12.1 Å². The fraction of sp³-hybridized carbons (Fsp3) is 0.455. The Hall–Kier alpha value is -1.62. The zero-order valence-electron chi connectivity index (χ0n) is 9.30. The molecular weight excluding hydrogens is 204 g/mol. The highest BCUT2D eigenvalue weighted by Crippen LogP contribution is 2.26. The van der Waals surface area contributed by atoms with Crippen LogP contribution in [0.15, 0.2) is 23.5 Å². The Labute approximate surface area is 94.6 Å². The molecule has 1 saturated carbocycles. The number of oxime groups is 1. The van der Waals surface area contributed by atoms with Crippen molar-refractivity contribution in [3.05, 3.63) is 29.6 Å². The molecule has 1 heterocycles. The van der Waals surface area contributed by atoms with Crippen molar-refractivity contribution in [2.75, 3.05) is 7.05 Å². The maximum atomic E-state index is 8.68. The highest BCUT2D eigenvalue weighted by Gasteiger charge is 2.26. The highest BCUT2D eigenvalue weighted by atomic mass is 16.4. The summed E-state index contributed by atoms with van der Waals surface area (Å²) in [6.07, 6.45) is 4.17. The average Bonchev–Trinajstić information content (AvgIpc) is 3.12. The molecule has 0 aliphatic heterocycles. The monoisotopic (exact) mass is 220 g/mol. The van der Waals surface area contributed by atoms with E-state index < -0.39 is 0 Å². The summed E-state index contributed by atoms with van der Waals surface area (Å²) in [6.45, 7) is 0.782. The van der Waals surface area contributed by atoms with Gasteiger partial charge in [0.2, 0.25) is 0 Å². The van der Waals surface area contributed by atoms with E-state index >= 15 is 0 Å². The van der Waals surface area contributed by atoms with Crippen molar-refractivity contribution in [1.82, 2.24) is 9.88 Å². The summed E-state index contributed by atoms with van der Waals surface area (Å²) in [5, 5.41) is 11.7. The Morgan fingerprint density at radius 3 is 3.06 bits per heavy atom. The fourth-order valence-electron chi connectivity index (χ4n) is 1.76. The molecule has 0 saturated heterocycles. The van der Waals surface area contributed by atoms with Gasteiger partial charge in [0.15, 0.2) is 5.84 Å². The minimum Gasteiger partial charge on any atom is -0.409 e. The predicted octanol–water partition coefficient (Wildman–Crippen LogP) is 0.770. The number of hydrogen-bond acceptors (Lipinski definition) is 4. The topological polar surface area (TPSA) is 74.7 Å². The summed E-state index contributed by atoms with van der Waals surface area (Å²) in [5.41, 5.74) is 7.14. The van der Waals surface area contributed by atoms with E-state index in [9.17, 15) is 0 Å². The number of nitrogens with two attached hydrogens (primary N) is 1. The van der Waals surface area contributed by atoms with E-state index in [0.29, 0.717) is 11.7 Å². The SMILES string of the molecule is CN(Cc1cccnc1C(N)=NO)C1CC1. The van der Waals surface area contributed by atoms with Crippen molar-refractivity contribution >= 4 is 5.84 Å². The number of hydrogen-bond donors (Lipinski definition) is 2. The highest BCUT2D eigenvalue weighted by molar-refractivity contribution is 5.96. The van der Waals surface area contributed by atoms with E-state index in [2.05, 4.69) is 22.1 Å². The number of pyridine rings is 1. The van der Waals surface area contributed by atoms with Crippen LogP contribution in [-0.2, 0) is 6.54 Å². The van der Waals surface area contributed by atoms with Gasteiger partial charge < -0.3 is 10.9 Å². The predicted molar refractivity (Wildman–Crippen MR) is 61.2 cm³/mol. The van der Waals surface area contributed by atoms with Crippen LogP contribution in [0.1, 0.15) is 24.1 Å². The van der Waals surface area contributed by atoms with Gasteiger partial charge in [0.05, 0.1) is 0 Å². The third-order valence-electron chi connectivity index (χ3n) is 2.83. The lowest BCUT2D eigenvalue weighted by Gasteiger charge is -2.17. The third-order valence-corrected chi connectivity index (χ3v) is 2.83. The average molecular weight is 220 g/mol. The van der Waals surface area contributed by atoms with Crippen molar-refractivity contribution in [2.45, 2.75) is 25.4 Å². The van der Waals surface area contributed by atoms with Gasteiger partial charge in [-0.25, -0.2) is 0 Å². The molecule has 16 heavy (non-hydrogen) atoms. The Kier molecular flexibility index (Phi) is 3.05. The Balaban J connectivity index is 2.18. The lowest BCUT2D eigenvalue weighted by atomic mass is 10.1. The molecule has 0 radical (unpaired) electrons. The lowest BCUT2D eigenvalue weighted by Crippen LogP contribution is -2.24. The molecule has 5 nitrogen and oxygen atoms in total. The molecule has 0 atom stereocenters. The standard InChI is InChI=1S/C11H16N4O/c1-15(9-4-5-9)7-8-3-2-6-13-10(8)11(12)14-16/h2-3,6,9,16H,4-5,7H2,1H3,(H2,12,14). The summed E-state index contributed by atoms with van der Waals surface area (Å²) in [5.74, 6) is 0.0693. The van der Waals surface area contributed by atoms with Gasteiger partial charge in [-0.3, -0.25) is 9.88 Å². The second-order valence-corrected chi connectivity index (χ2v) is 4.14. The molecular formula is C11H16N4O. The van der Waals surface area contributed by atoms with Crippen molar-refractivity contribution in [2.24, 2.45) is 10.9 Å². The molecule has 0 amide bonds. The maximum Gasteiger partial charge on any atom is 0.189 e. The number of rotatable bonds is 4. The molecule has 0 spiro atoms. The molecule has 0 aromatic carbocycles. The Morgan fingerprint density at radius 1 is 1.69 bits per heavy atom.